The van der Waals surface area contributed by atoms with Crippen LogP contribution in [0.5, 0.6) is 5.75 Å². The summed E-state index contributed by atoms with van der Waals surface area (Å²) in [6.45, 7) is 3.76. The molecule has 122 valence electrons. The fourth-order valence-electron chi connectivity index (χ4n) is 2.91. The fourth-order valence-corrected chi connectivity index (χ4v) is 2.91. The molecule has 1 unspecified atom stereocenters. The number of carbonyl (C=O) groups is 1. The molecule has 0 saturated heterocycles. The summed E-state index contributed by atoms with van der Waals surface area (Å²) < 4.78 is 43.7. The van der Waals surface area contributed by atoms with E-state index in [1.807, 2.05) is 26.0 Å². The van der Waals surface area contributed by atoms with Gasteiger partial charge in [-0.3, -0.25) is 4.79 Å². The molecule has 6 heteroatoms. The predicted molar refractivity (Wildman–Crippen MR) is 76.8 cm³/mol. The van der Waals surface area contributed by atoms with Crippen molar-refractivity contribution >= 4 is 5.91 Å². The van der Waals surface area contributed by atoms with E-state index >= 15 is 0 Å². The quantitative estimate of drug-likeness (QED) is 0.839. The van der Waals surface area contributed by atoms with E-state index in [1.165, 1.54) is 0 Å². The van der Waals surface area contributed by atoms with Crippen LogP contribution >= 0.6 is 0 Å². The number of methoxy groups -OCH3 is 1. The van der Waals surface area contributed by atoms with Crippen LogP contribution in [0.4, 0.5) is 13.2 Å². The van der Waals surface area contributed by atoms with E-state index in [1.54, 1.807) is 13.2 Å². The van der Waals surface area contributed by atoms with E-state index in [-0.39, 0.29) is 12.5 Å². The number of benzene rings is 1. The van der Waals surface area contributed by atoms with Crippen LogP contribution in [0.3, 0.4) is 0 Å². The van der Waals surface area contributed by atoms with Gasteiger partial charge in [-0.15, -0.1) is 0 Å². The van der Waals surface area contributed by atoms with Gasteiger partial charge in [-0.05, 0) is 42.0 Å². The minimum absolute atomic E-state index is 0.0562. The number of halogens is 3. The van der Waals surface area contributed by atoms with Crippen molar-refractivity contribution in [2.45, 2.75) is 38.9 Å². The topological polar surface area (TPSA) is 29.5 Å². The molecule has 1 aliphatic rings. The number of ether oxygens (including phenoxy) is 1. The average molecular weight is 315 g/mol. The molecule has 1 amide bonds. The van der Waals surface area contributed by atoms with Crippen LogP contribution in [-0.4, -0.2) is 36.7 Å². The molecule has 1 aromatic carbocycles. The van der Waals surface area contributed by atoms with Crippen molar-refractivity contribution in [3.63, 3.8) is 0 Å². The van der Waals surface area contributed by atoms with E-state index in [0.29, 0.717) is 18.6 Å². The lowest BCUT2D eigenvalue weighted by Gasteiger charge is -2.33. The zero-order valence-electron chi connectivity index (χ0n) is 12.9. The first-order valence-electron chi connectivity index (χ1n) is 7.27. The lowest BCUT2D eigenvalue weighted by molar-refractivity contribution is -0.188. The zero-order valence-corrected chi connectivity index (χ0v) is 12.9. The zero-order chi connectivity index (χ0) is 16.5. The Kier molecular flexibility index (Phi) is 4.68. The molecule has 1 aliphatic heterocycles. The number of alkyl halides is 3. The van der Waals surface area contributed by atoms with Crippen LogP contribution in [0.1, 0.15) is 25.0 Å². The second-order valence-corrected chi connectivity index (χ2v) is 5.90. The van der Waals surface area contributed by atoms with Crippen molar-refractivity contribution in [2.75, 3.05) is 13.7 Å². The summed E-state index contributed by atoms with van der Waals surface area (Å²) >= 11 is 0. The Morgan fingerprint density at radius 1 is 1.32 bits per heavy atom. The van der Waals surface area contributed by atoms with Gasteiger partial charge < -0.3 is 9.64 Å². The normalized spacial score (nSPS) is 18.9. The molecule has 0 bridgehead atoms. The van der Waals surface area contributed by atoms with Gasteiger partial charge in [0.2, 0.25) is 0 Å². The van der Waals surface area contributed by atoms with Gasteiger partial charge in [-0.1, -0.05) is 19.9 Å². The summed E-state index contributed by atoms with van der Waals surface area (Å²) in [5.74, 6) is -1.12. The van der Waals surface area contributed by atoms with E-state index in [4.69, 9.17) is 4.74 Å². The maximum Gasteiger partial charge on any atom is 0.471 e. The Labute approximate surface area is 128 Å². The van der Waals surface area contributed by atoms with E-state index < -0.39 is 18.1 Å². The summed E-state index contributed by atoms with van der Waals surface area (Å²) in [4.78, 5) is 12.7. The Morgan fingerprint density at radius 3 is 2.55 bits per heavy atom. The van der Waals surface area contributed by atoms with Crippen molar-refractivity contribution in [3.8, 4) is 5.75 Å². The molecule has 0 aliphatic carbocycles. The minimum Gasteiger partial charge on any atom is -0.497 e. The molecule has 0 radical (unpaired) electrons. The largest absolute Gasteiger partial charge is 0.497 e. The molecule has 0 spiro atoms. The molecule has 1 aromatic rings. The smallest absolute Gasteiger partial charge is 0.471 e. The number of carbonyl (C=O) groups excluding carboxylic acids is 1. The van der Waals surface area contributed by atoms with Crippen molar-refractivity contribution in [1.29, 1.82) is 0 Å². The average Bonchev–Trinajstić information content (AvgIpc) is 2.64. The maximum atomic E-state index is 12.8. The molecule has 3 nitrogen and oxygen atoms in total. The first-order chi connectivity index (χ1) is 10.2. The lowest BCUT2D eigenvalue weighted by atomic mass is 9.94. The molecule has 0 saturated carbocycles. The van der Waals surface area contributed by atoms with E-state index in [0.717, 1.165) is 16.0 Å². The third kappa shape index (κ3) is 3.36. The molecule has 22 heavy (non-hydrogen) atoms. The van der Waals surface area contributed by atoms with Crippen LogP contribution in [-0.2, 0) is 17.6 Å². The molecule has 0 fully saturated rings. The molecule has 1 heterocycles. The first kappa shape index (κ1) is 16.6. The number of hydrogen-bond acceptors (Lipinski definition) is 2. The van der Waals surface area contributed by atoms with E-state index in [9.17, 15) is 18.0 Å². The van der Waals surface area contributed by atoms with Gasteiger partial charge in [-0.25, -0.2) is 0 Å². The second-order valence-electron chi connectivity index (χ2n) is 5.90. The van der Waals surface area contributed by atoms with Gasteiger partial charge in [0.1, 0.15) is 5.75 Å². The number of amides is 1. The Balaban J connectivity index is 2.35. The van der Waals surface area contributed by atoms with Crippen molar-refractivity contribution in [3.05, 3.63) is 29.3 Å². The van der Waals surface area contributed by atoms with Crippen molar-refractivity contribution < 1.29 is 22.7 Å². The molecular weight excluding hydrogens is 295 g/mol. The van der Waals surface area contributed by atoms with Crippen LogP contribution in [0.15, 0.2) is 18.2 Å². The fraction of sp³-hybridized carbons (Fsp3) is 0.562. The van der Waals surface area contributed by atoms with Crippen molar-refractivity contribution in [1.82, 2.24) is 4.90 Å². The molecular formula is C16H20F3NO2. The second kappa shape index (κ2) is 6.18. The highest BCUT2D eigenvalue weighted by Crippen LogP contribution is 2.30. The van der Waals surface area contributed by atoms with Crippen LogP contribution in [0, 0.1) is 5.92 Å². The van der Waals surface area contributed by atoms with E-state index in [2.05, 4.69) is 0 Å². The summed E-state index contributed by atoms with van der Waals surface area (Å²) in [5.41, 5.74) is 1.93. The Morgan fingerprint density at radius 2 is 2.00 bits per heavy atom. The molecule has 0 aromatic heterocycles. The van der Waals surface area contributed by atoms with Gasteiger partial charge in [0.15, 0.2) is 0 Å². The maximum absolute atomic E-state index is 12.8. The van der Waals surface area contributed by atoms with Crippen molar-refractivity contribution in [2.24, 2.45) is 5.92 Å². The summed E-state index contributed by atoms with van der Waals surface area (Å²) in [5, 5.41) is 0. The van der Waals surface area contributed by atoms with Gasteiger partial charge in [0.05, 0.1) is 7.11 Å². The molecule has 2 rings (SSSR count). The molecule has 1 atom stereocenters. The highest BCUT2D eigenvalue weighted by Gasteiger charge is 2.45. The SMILES string of the molecule is COc1ccc2c(c1)CCN(C(=O)C(F)(F)F)C(C(C)C)C2. The summed E-state index contributed by atoms with van der Waals surface area (Å²) in [7, 11) is 1.55. The Hall–Kier alpha value is -1.72. The Bertz CT molecular complexity index is 555. The van der Waals surface area contributed by atoms with Gasteiger partial charge in [0.25, 0.3) is 0 Å². The number of hydrogen-bond donors (Lipinski definition) is 0. The van der Waals surface area contributed by atoms with Crippen LogP contribution in [0.2, 0.25) is 0 Å². The highest BCUT2D eigenvalue weighted by molar-refractivity contribution is 5.82. The third-order valence-corrected chi connectivity index (χ3v) is 4.14. The van der Waals surface area contributed by atoms with Gasteiger partial charge >= 0.3 is 12.1 Å². The minimum atomic E-state index is -4.83. The van der Waals surface area contributed by atoms with Gasteiger partial charge in [0, 0.05) is 12.6 Å². The van der Waals surface area contributed by atoms with Gasteiger partial charge in [-0.2, -0.15) is 13.2 Å². The number of rotatable bonds is 2. The highest BCUT2D eigenvalue weighted by atomic mass is 19.4. The molecule has 0 N–H and O–H groups in total. The van der Waals surface area contributed by atoms with Crippen LogP contribution in [0.25, 0.3) is 0 Å². The number of fused-ring (bicyclic) bond motifs is 1. The van der Waals surface area contributed by atoms with Crippen LogP contribution < -0.4 is 4.74 Å². The first-order valence-corrected chi connectivity index (χ1v) is 7.27. The third-order valence-electron chi connectivity index (χ3n) is 4.14. The number of nitrogens with zero attached hydrogens (tertiary/aromatic N) is 1. The summed E-state index contributed by atoms with van der Waals surface area (Å²) in [6, 6.07) is 5.07. The predicted octanol–water partition coefficient (Wildman–Crippen LogP) is 3.21. The lowest BCUT2D eigenvalue weighted by Crippen LogP contribution is -2.50. The summed E-state index contributed by atoms with van der Waals surface area (Å²) in [6.07, 6.45) is -4.00. The standard InChI is InChI=1S/C16H20F3NO2/c1-10(2)14-9-11-4-5-13(22-3)8-12(11)6-7-20(14)15(21)16(17,18)19/h4-5,8,10,14H,6-7,9H2,1-3H3. The monoisotopic (exact) mass is 315 g/mol.